The fourth-order valence-electron chi connectivity index (χ4n) is 0.889. The van der Waals surface area contributed by atoms with Crippen LogP contribution >= 0.6 is 0 Å². The number of rotatable bonds is 3. The van der Waals surface area contributed by atoms with E-state index >= 15 is 0 Å². The highest BCUT2D eigenvalue weighted by Gasteiger charge is 2.10. The summed E-state index contributed by atoms with van der Waals surface area (Å²) < 4.78 is 24.9. The van der Waals surface area contributed by atoms with Gasteiger partial charge in [-0.25, -0.2) is 13.5 Å². The van der Waals surface area contributed by atoms with E-state index in [-0.39, 0.29) is 6.54 Å². The molecule has 68 valence electrons. The highest BCUT2D eigenvalue weighted by molar-refractivity contribution is 5.06. The summed E-state index contributed by atoms with van der Waals surface area (Å²) in [7, 11) is 0. The van der Waals surface area contributed by atoms with Gasteiger partial charge in [0.15, 0.2) is 0 Å². The fraction of sp³-hybridized carbons (Fsp3) is 0.667. The van der Waals surface area contributed by atoms with Crippen LogP contribution in [0.2, 0.25) is 0 Å². The van der Waals surface area contributed by atoms with Crippen molar-refractivity contribution in [1.82, 2.24) is 15.0 Å². The molecule has 0 unspecified atom stereocenters. The van der Waals surface area contributed by atoms with Crippen LogP contribution in [0.4, 0.5) is 8.78 Å². The minimum atomic E-state index is -2.41. The molecule has 0 bridgehead atoms. The topological polar surface area (TPSA) is 56.7 Å². The average Bonchev–Trinajstić information content (AvgIpc) is 2.32. The molecule has 0 aromatic carbocycles. The molecule has 0 aliphatic rings. The molecule has 1 rings (SSSR count). The van der Waals surface area contributed by atoms with Gasteiger partial charge >= 0.3 is 0 Å². The molecule has 1 aromatic rings. The summed E-state index contributed by atoms with van der Waals surface area (Å²) in [6.07, 6.45) is -2.41. The molecule has 0 fully saturated rings. The fourth-order valence-corrected chi connectivity index (χ4v) is 0.889. The molecule has 0 atom stereocenters. The van der Waals surface area contributed by atoms with Gasteiger partial charge in [0.1, 0.15) is 6.54 Å². The summed E-state index contributed by atoms with van der Waals surface area (Å²) in [6, 6.07) is 0. The second kappa shape index (κ2) is 3.57. The Morgan fingerprint density at radius 3 is 2.67 bits per heavy atom. The number of aromatic nitrogens is 3. The Kier molecular flexibility index (Phi) is 2.69. The van der Waals surface area contributed by atoms with Crippen LogP contribution < -0.4 is 5.73 Å². The Bertz CT molecular complexity index is 258. The van der Waals surface area contributed by atoms with Crippen molar-refractivity contribution in [2.75, 3.05) is 0 Å². The van der Waals surface area contributed by atoms with Gasteiger partial charge in [0.25, 0.3) is 6.43 Å². The number of nitrogens with zero attached hydrogens (tertiary/aromatic N) is 3. The van der Waals surface area contributed by atoms with Crippen LogP contribution in [-0.4, -0.2) is 21.4 Å². The van der Waals surface area contributed by atoms with Gasteiger partial charge in [0.05, 0.1) is 11.4 Å². The molecule has 0 radical (unpaired) electrons. The summed E-state index contributed by atoms with van der Waals surface area (Å²) in [6.45, 7) is 1.48. The molecule has 0 aliphatic carbocycles. The molecule has 0 saturated heterocycles. The molecule has 1 aromatic heterocycles. The van der Waals surface area contributed by atoms with E-state index in [9.17, 15) is 8.78 Å². The predicted octanol–water partition coefficient (Wildman–Crippen LogP) is 0.310. The van der Waals surface area contributed by atoms with Gasteiger partial charge in [-0.15, -0.1) is 5.10 Å². The lowest BCUT2D eigenvalue weighted by atomic mass is 10.3. The first kappa shape index (κ1) is 9.05. The maximum absolute atomic E-state index is 11.9. The van der Waals surface area contributed by atoms with Gasteiger partial charge < -0.3 is 5.73 Å². The van der Waals surface area contributed by atoms with E-state index in [1.807, 2.05) is 0 Å². The van der Waals surface area contributed by atoms with E-state index in [4.69, 9.17) is 5.73 Å². The molecule has 1 heterocycles. The molecule has 4 nitrogen and oxygen atoms in total. The van der Waals surface area contributed by atoms with E-state index in [2.05, 4.69) is 10.3 Å². The SMILES string of the molecule is Cc1c(CN)nnn1CC(F)F. The first-order valence-corrected chi connectivity index (χ1v) is 3.52. The third-order valence-electron chi connectivity index (χ3n) is 1.58. The number of hydrogen-bond acceptors (Lipinski definition) is 3. The summed E-state index contributed by atoms with van der Waals surface area (Å²) in [5.74, 6) is 0. The summed E-state index contributed by atoms with van der Waals surface area (Å²) in [5.41, 5.74) is 6.47. The minimum absolute atomic E-state index is 0.231. The highest BCUT2D eigenvalue weighted by atomic mass is 19.3. The third-order valence-corrected chi connectivity index (χ3v) is 1.58. The van der Waals surface area contributed by atoms with Crippen molar-refractivity contribution in [1.29, 1.82) is 0 Å². The monoisotopic (exact) mass is 176 g/mol. The maximum atomic E-state index is 11.9. The van der Waals surface area contributed by atoms with Crippen LogP contribution in [0.3, 0.4) is 0 Å². The second-order valence-electron chi connectivity index (χ2n) is 2.40. The van der Waals surface area contributed by atoms with Gasteiger partial charge in [0, 0.05) is 6.54 Å². The Balaban J connectivity index is 2.80. The highest BCUT2D eigenvalue weighted by Crippen LogP contribution is 2.05. The molecule has 0 saturated carbocycles. The number of nitrogens with two attached hydrogens (primary N) is 1. The standard InChI is InChI=1S/C6H10F2N4/c1-4-5(2-9)10-11-12(4)3-6(7)8/h6H,2-3,9H2,1H3. The minimum Gasteiger partial charge on any atom is -0.325 e. The van der Waals surface area contributed by atoms with Gasteiger partial charge in [-0.05, 0) is 6.92 Å². The van der Waals surface area contributed by atoms with Gasteiger partial charge in [0.2, 0.25) is 0 Å². The zero-order valence-corrected chi connectivity index (χ0v) is 6.67. The zero-order valence-electron chi connectivity index (χ0n) is 6.67. The van der Waals surface area contributed by atoms with E-state index in [0.717, 1.165) is 4.68 Å². The van der Waals surface area contributed by atoms with E-state index < -0.39 is 13.0 Å². The van der Waals surface area contributed by atoms with Crippen LogP contribution in [0.5, 0.6) is 0 Å². The summed E-state index contributed by atoms with van der Waals surface area (Å²) in [5, 5.41) is 7.18. The maximum Gasteiger partial charge on any atom is 0.257 e. The van der Waals surface area contributed by atoms with Crippen molar-refractivity contribution in [3.63, 3.8) is 0 Å². The van der Waals surface area contributed by atoms with Crippen molar-refractivity contribution in [3.8, 4) is 0 Å². The van der Waals surface area contributed by atoms with Crippen molar-refractivity contribution < 1.29 is 8.78 Å². The summed E-state index contributed by atoms with van der Waals surface area (Å²) >= 11 is 0. The Hall–Kier alpha value is -1.04. The first-order chi connectivity index (χ1) is 5.65. The molecule has 12 heavy (non-hydrogen) atoms. The Morgan fingerprint density at radius 2 is 2.25 bits per heavy atom. The quantitative estimate of drug-likeness (QED) is 0.721. The molecular weight excluding hydrogens is 166 g/mol. The second-order valence-corrected chi connectivity index (χ2v) is 2.40. The smallest absolute Gasteiger partial charge is 0.257 e. The predicted molar refractivity (Wildman–Crippen MR) is 38.7 cm³/mol. The first-order valence-electron chi connectivity index (χ1n) is 3.52. The lowest BCUT2D eigenvalue weighted by molar-refractivity contribution is 0.120. The molecule has 6 heteroatoms. The van der Waals surface area contributed by atoms with Crippen molar-refractivity contribution >= 4 is 0 Å². The molecule has 2 N–H and O–H groups in total. The van der Waals surface area contributed by atoms with Gasteiger partial charge in [-0.2, -0.15) is 0 Å². The molecule has 0 aliphatic heterocycles. The van der Waals surface area contributed by atoms with Crippen LogP contribution in [0.1, 0.15) is 11.4 Å². The average molecular weight is 176 g/mol. The third kappa shape index (κ3) is 1.76. The van der Waals surface area contributed by atoms with Gasteiger partial charge in [-0.3, -0.25) is 0 Å². The van der Waals surface area contributed by atoms with Crippen LogP contribution in [0, 0.1) is 6.92 Å². The molecule has 0 spiro atoms. The summed E-state index contributed by atoms with van der Waals surface area (Å²) in [4.78, 5) is 0. The Labute approximate surface area is 68.4 Å². The Morgan fingerprint density at radius 1 is 1.58 bits per heavy atom. The normalized spacial score (nSPS) is 11.1. The van der Waals surface area contributed by atoms with Crippen molar-refractivity contribution in [3.05, 3.63) is 11.4 Å². The van der Waals surface area contributed by atoms with E-state index in [1.165, 1.54) is 0 Å². The molecular formula is C6H10F2N4. The van der Waals surface area contributed by atoms with Crippen molar-refractivity contribution in [2.45, 2.75) is 26.4 Å². The molecule has 0 amide bonds. The van der Waals surface area contributed by atoms with E-state index in [0.29, 0.717) is 11.4 Å². The van der Waals surface area contributed by atoms with Gasteiger partial charge in [-0.1, -0.05) is 5.21 Å². The van der Waals surface area contributed by atoms with Crippen LogP contribution in [-0.2, 0) is 13.1 Å². The van der Waals surface area contributed by atoms with Crippen molar-refractivity contribution in [2.24, 2.45) is 5.73 Å². The lowest BCUT2D eigenvalue weighted by Gasteiger charge is -2.00. The van der Waals surface area contributed by atoms with Crippen LogP contribution in [0.25, 0.3) is 0 Å². The largest absolute Gasteiger partial charge is 0.325 e. The van der Waals surface area contributed by atoms with E-state index in [1.54, 1.807) is 6.92 Å². The number of alkyl halides is 2. The zero-order chi connectivity index (χ0) is 9.14. The lowest BCUT2D eigenvalue weighted by Crippen LogP contribution is -2.10. The number of hydrogen-bond donors (Lipinski definition) is 1. The number of halogens is 2. The van der Waals surface area contributed by atoms with Crippen LogP contribution in [0.15, 0.2) is 0 Å².